The molecular weight excluding hydrogens is 1060 g/mol. The SMILES string of the molecule is CC(C)CCC[C@@H](C)[C@H]1CC[C@H]2[C@@H]3CC=C4C[C@@H](OC(=O)[C@H](Cc5ccccc5)NC(=O)CCCCC(=O)N[C@@H](Cc5ccccc5)C(=O)O[C@H]5CC[C@@]6(C)C(=CC[C@H]7[C@@H]8CC[C@H]([C@H](C)CCCC(C)C)[C@@]8(C)CC[C@@H]76)C5)CC[C@]4(C)[C@H]3CC[C@]12C. The lowest BCUT2D eigenvalue weighted by Gasteiger charge is -2.58. The second-order valence-corrected chi connectivity index (χ2v) is 32.0. The van der Waals surface area contributed by atoms with Gasteiger partial charge in [0.1, 0.15) is 24.3 Å². The van der Waals surface area contributed by atoms with E-state index in [4.69, 9.17) is 9.47 Å². The maximum Gasteiger partial charge on any atom is 0.329 e. The van der Waals surface area contributed by atoms with Crippen molar-refractivity contribution >= 4 is 23.8 Å². The van der Waals surface area contributed by atoms with E-state index >= 15 is 0 Å². The molecule has 0 saturated heterocycles. The third-order valence-electron chi connectivity index (χ3n) is 25.9. The van der Waals surface area contributed by atoms with Gasteiger partial charge in [-0.25, -0.2) is 9.59 Å². The first-order chi connectivity index (χ1) is 41.2. The zero-order valence-electron chi connectivity index (χ0n) is 55.4. The molecule has 18 atom stereocenters. The van der Waals surface area contributed by atoms with E-state index in [1.807, 2.05) is 60.7 Å². The molecule has 86 heavy (non-hydrogen) atoms. The number of hydrogen-bond donors (Lipinski definition) is 2. The smallest absolute Gasteiger partial charge is 0.329 e. The van der Waals surface area contributed by atoms with Crippen molar-refractivity contribution in [1.29, 1.82) is 0 Å². The molecule has 474 valence electrons. The highest BCUT2D eigenvalue weighted by Gasteiger charge is 2.61. The van der Waals surface area contributed by atoms with E-state index in [0.717, 1.165) is 122 Å². The monoisotopic (exact) mass is 1180 g/mol. The Morgan fingerprint density at radius 1 is 0.477 bits per heavy atom. The molecule has 0 heterocycles. The molecule has 10 rings (SSSR count). The number of nitrogens with one attached hydrogen (secondary N) is 2. The van der Waals surface area contributed by atoms with Crippen LogP contribution in [0.4, 0.5) is 0 Å². The number of carbonyl (C=O) groups excluding carboxylic acids is 4. The maximum atomic E-state index is 14.3. The van der Waals surface area contributed by atoms with Crippen molar-refractivity contribution in [3.05, 3.63) is 95.1 Å². The third-order valence-corrected chi connectivity index (χ3v) is 25.9. The van der Waals surface area contributed by atoms with Gasteiger partial charge in [-0.1, -0.05) is 192 Å². The Morgan fingerprint density at radius 3 is 1.26 bits per heavy atom. The van der Waals surface area contributed by atoms with Crippen LogP contribution in [-0.2, 0) is 41.5 Å². The van der Waals surface area contributed by atoms with E-state index in [0.29, 0.717) is 48.3 Å². The van der Waals surface area contributed by atoms with Crippen LogP contribution in [0.3, 0.4) is 0 Å². The van der Waals surface area contributed by atoms with Crippen molar-refractivity contribution in [2.45, 2.75) is 273 Å². The van der Waals surface area contributed by atoms with Crippen molar-refractivity contribution in [3.8, 4) is 0 Å². The highest BCUT2D eigenvalue weighted by molar-refractivity contribution is 5.86. The molecule has 0 aliphatic heterocycles. The first kappa shape index (κ1) is 64.8. The van der Waals surface area contributed by atoms with Crippen LogP contribution in [0.1, 0.15) is 247 Å². The summed E-state index contributed by atoms with van der Waals surface area (Å²) in [6.07, 6.45) is 33.3. The highest BCUT2D eigenvalue weighted by Crippen LogP contribution is 2.69. The van der Waals surface area contributed by atoms with Gasteiger partial charge in [0, 0.05) is 38.5 Å². The highest BCUT2D eigenvalue weighted by atomic mass is 16.5. The molecule has 2 N–H and O–H groups in total. The van der Waals surface area contributed by atoms with E-state index in [2.05, 4.69) is 92.0 Å². The lowest BCUT2D eigenvalue weighted by Crippen LogP contribution is -2.51. The topological polar surface area (TPSA) is 111 Å². The molecule has 6 fully saturated rings. The van der Waals surface area contributed by atoms with Gasteiger partial charge < -0.3 is 20.1 Å². The third kappa shape index (κ3) is 14.2. The molecule has 0 aromatic heterocycles. The summed E-state index contributed by atoms with van der Waals surface area (Å²) in [5.74, 6) is 8.12. The summed E-state index contributed by atoms with van der Waals surface area (Å²) in [5, 5.41) is 6.14. The molecule has 2 aromatic carbocycles. The summed E-state index contributed by atoms with van der Waals surface area (Å²) in [6, 6.07) is 18.1. The maximum absolute atomic E-state index is 14.3. The molecule has 2 amide bonds. The molecule has 8 aliphatic carbocycles. The van der Waals surface area contributed by atoms with Gasteiger partial charge in [-0.3, -0.25) is 9.59 Å². The van der Waals surface area contributed by atoms with Gasteiger partial charge in [-0.05, 0) is 207 Å². The number of rotatable bonds is 25. The number of hydrogen-bond acceptors (Lipinski definition) is 6. The number of esters is 2. The molecule has 8 aliphatic rings. The van der Waals surface area contributed by atoms with Gasteiger partial charge in [-0.15, -0.1) is 0 Å². The number of ether oxygens (including phenoxy) is 2. The Morgan fingerprint density at radius 2 is 0.872 bits per heavy atom. The lowest BCUT2D eigenvalue weighted by molar-refractivity contribution is -0.156. The van der Waals surface area contributed by atoms with Crippen molar-refractivity contribution in [3.63, 3.8) is 0 Å². The fourth-order valence-electron chi connectivity index (χ4n) is 21.2. The number of carbonyl (C=O) groups is 4. The molecule has 0 bridgehead atoms. The van der Waals surface area contributed by atoms with E-state index < -0.39 is 12.1 Å². The Balaban J connectivity index is 0.698. The van der Waals surface area contributed by atoms with Gasteiger partial charge in [0.15, 0.2) is 0 Å². The van der Waals surface area contributed by atoms with Gasteiger partial charge in [0.05, 0.1) is 0 Å². The van der Waals surface area contributed by atoms with E-state index in [9.17, 15) is 19.2 Å². The predicted molar refractivity (Wildman–Crippen MR) is 348 cm³/mol. The number of fused-ring (bicyclic) bond motifs is 10. The average Bonchev–Trinajstić information content (AvgIpc) is 1.36. The number of benzene rings is 2. The summed E-state index contributed by atoms with van der Waals surface area (Å²) in [6.45, 7) is 25.0. The van der Waals surface area contributed by atoms with Crippen molar-refractivity contribution < 1.29 is 28.7 Å². The molecular formula is C78H116N2O6. The minimum Gasteiger partial charge on any atom is -0.461 e. The van der Waals surface area contributed by atoms with Crippen LogP contribution in [0.25, 0.3) is 0 Å². The molecule has 0 unspecified atom stereocenters. The number of amides is 2. The van der Waals surface area contributed by atoms with E-state index in [1.54, 1.807) is 0 Å². The van der Waals surface area contributed by atoms with Crippen LogP contribution in [0.2, 0.25) is 0 Å². The molecule has 8 nitrogen and oxygen atoms in total. The van der Waals surface area contributed by atoms with E-state index in [-0.39, 0.29) is 59.6 Å². The fourth-order valence-corrected chi connectivity index (χ4v) is 21.2. The summed E-state index contributed by atoms with van der Waals surface area (Å²) in [7, 11) is 0. The van der Waals surface area contributed by atoms with Crippen LogP contribution in [-0.4, -0.2) is 48.0 Å². The largest absolute Gasteiger partial charge is 0.461 e. The van der Waals surface area contributed by atoms with Crippen molar-refractivity contribution in [1.82, 2.24) is 10.6 Å². The number of unbranched alkanes of at least 4 members (excludes halogenated alkanes) is 1. The van der Waals surface area contributed by atoms with E-state index in [1.165, 1.54) is 101 Å². The quantitative estimate of drug-likeness (QED) is 0.0582. The first-order valence-corrected chi connectivity index (χ1v) is 35.6. The first-order valence-electron chi connectivity index (χ1n) is 35.6. The molecule has 6 saturated carbocycles. The Hall–Kier alpha value is -4.20. The standard InChI is InChI=1S/C78H116N2O6/c1-51(2)21-19-23-53(5)63-35-37-65-61-33-31-57-49-59(39-43-75(57,7)67(61)41-45-77(63,65)9)85-73(83)69(47-55-25-13-11-14-26-55)79-71(81)29-17-18-30-72(82)80-70(48-56-27-15-12-16-28-56)74(84)86-60-40-44-76(8)58(50-60)32-34-62-66-38-36-64(54(6)24-20-22-52(3)4)78(66,10)46-42-68(62)76/h11-16,25-28,31-32,51-54,59-70H,17-24,29-30,33-50H2,1-10H3,(H,79,81)(H,80,82)/t53-,54-,59+,60+,61+,62+,63-,64-,65+,66+,67+,68+,69+,70+,75+,76+,77-,78-/m1/s1. The van der Waals surface area contributed by atoms with Crippen LogP contribution in [0, 0.1) is 92.7 Å². The molecule has 8 heteroatoms. The van der Waals surface area contributed by atoms with Crippen LogP contribution >= 0.6 is 0 Å². The van der Waals surface area contributed by atoms with Crippen LogP contribution in [0.5, 0.6) is 0 Å². The van der Waals surface area contributed by atoms with Crippen molar-refractivity contribution in [2.24, 2.45) is 92.7 Å². The van der Waals surface area contributed by atoms with Gasteiger partial charge in [-0.2, -0.15) is 0 Å². The minimum atomic E-state index is -0.819. The Kier molecular flexibility index (Phi) is 21.0. The van der Waals surface area contributed by atoms with Crippen LogP contribution in [0.15, 0.2) is 84.0 Å². The summed E-state index contributed by atoms with van der Waals surface area (Å²) >= 11 is 0. The zero-order valence-corrected chi connectivity index (χ0v) is 55.4. The average molecular weight is 1180 g/mol. The van der Waals surface area contributed by atoms with Gasteiger partial charge in [0.25, 0.3) is 0 Å². The molecule has 0 spiro atoms. The molecule has 2 aromatic rings. The summed E-state index contributed by atoms with van der Waals surface area (Å²) in [5.41, 5.74) is 6.10. The Labute approximate surface area is 521 Å². The van der Waals surface area contributed by atoms with Crippen molar-refractivity contribution in [2.75, 3.05) is 0 Å². The van der Waals surface area contributed by atoms with Gasteiger partial charge in [0.2, 0.25) is 11.8 Å². The summed E-state index contributed by atoms with van der Waals surface area (Å²) < 4.78 is 12.9. The zero-order chi connectivity index (χ0) is 61.0. The fraction of sp³-hybridized carbons (Fsp3) is 0.744. The lowest BCUT2D eigenvalue weighted by atomic mass is 9.47. The summed E-state index contributed by atoms with van der Waals surface area (Å²) in [4.78, 5) is 56.1. The van der Waals surface area contributed by atoms with Gasteiger partial charge >= 0.3 is 11.9 Å². The Bertz CT molecular complexity index is 2500. The second kappa shape index (κ2) is 27.9. The van der Waals surface area contributed by atoms with Crippen LogP contribution < -0.4 is 10.6 Å². The normalized spacial score (nSPS) is 35.0. The predicted octanol–water partition coefficient (Wildman–Crippen LogP) is 17.9. The molecule has 0 radical (unpaired) electrons. The minimum absolute atomic E-state index is 0.147. The number of allylic oxidation sites excluding steroid dienone is 2. The second-order valence-electron chi connectivity index (χ2n) is 32.0.